The summed E-state index contributed by atoms with van der Waals surface area (Å²) in [6.07, 6.45) is -3.05. The van der Waals surface area contributed by atoms with E-state index in [2.05, 4.69) is 30.8 Å². The lowest BCUT2D eigenvalue weighted by Gasteiger charge is -2.14. The number of nitrogens with zero attached hydrogens (tertiary/aromatic N) is 4. The maximum absolute atomic E-state index is 12.7. The van der Waals surface area contributed by atoms with Gasteiger partial charge in [-0.1, -0.05) is 11.3 Å². The zero-order chi connectivity index (χ0) is 28.5. The molecule has 212 valence electrons. The number of anilines is 2. The van der Waals surface area contributed by atoms with Gasteiger partial charge in [0.25, 0.3) is 0 Å². The van der Waals surface area contributed by atoms with Gasteiger partial charge in [-0.2, -0.15) is 13.2 Å². The van der Waals surface area contributed by atoms with Gasteiger partial charge in [-0.25, -0.2) is 14.8 Å². The molecule has 0 bridgehead atoms. The third-order valence-electron chi connectivity index (χ3n) is 5.04. The first kappa shape index (κ1) is 29.3. The van der Waals surface area contributed by atoms with Crippen LogP contribution in [0.25, 0.3) is 10.9 Å². The molecule has 4 rings (SSSR count). The molecular weight excluding hydrogens is 573 g/mol. The molecule has 0 atom stereocenters. The number of rotatable bonds is 12. The molecule has 2 N–H and O–H groups in total. The molecule has 0 radical (unpaired) electrons. The van der Waals surface area contributed by atoms with E-state index >= 15 is 0 Å². The molecule has 0 saturated heterocycles. The van der Waals surface area contributed by atoms with E-state index in [4.69, 9.17) is 18.9 Å². The van der Waals surface area contributed by atoms with Gasteiger partial charge in [0.15, 0.2) is 15.8 Å². The van der Waals surface area contributed by atoms with Gasteiger partial charge in [-0.3, -0.25) is 5.32 Å². The number of fused-ring (bicyclic) bond motifs is 1. The molecule has 2 aromatic heterocycles. The van der Waals surface area contributed by atoms with Gasteiger partial charge in [0, 0.05) is 31.4 Å². The van der Waals surface area contributed by atoms with Crippen molar-refractivity contribution in [3.8, 4) is 11.5 Å². The summed E-state index contributed by atoms with van der Waals surface area (Å²) in [7, 11) is 3.16. The fourth-order valence-electron chi connectivity index (χ4n) is 3.20. The molecule has 0 aliphatic heterocycles. The van der Waals surface area contributed by atoms with Crippen LogP contribution < -0.4 is 20.1 Å². The number of benzene rings is 2. The predicted molar refractivity (Wildman–Crippen MR) is 142 cm³/mol. The normalized spacial score (nSPS) is 11.4. The van der Waals surface area contributed by atoms with Crippen LogP contribution in [-0.2, 0) is 15.7 Å². The third kappa shape index (κ3) is 7.91. The highest BCUT2D eigenvalue weighted by atomic mass is 32.2. The van der Waals surface area contributed by atoms with Crippen LogP contribution in [0, 0.1) is 0 Å². The molecule has 2 amide bonds. The number of ether oxygens (including phenoxy) is 4. The van der Waals surface area contributed by atoms with Crippen LogP contribution in [0.4, 0.5) is 28.8 Å². The quantitative estimate of drug-likeness (QED) is 0.125. The number of amides is 2. The second kappa shape index (κ2) is 13.6. The molecule has 0 saturated carbocycles. The van der Waals surface area contributed by atoms with Gasteiger partial charge in [-0.15, -0.1) is 10.2 Å². The zero-order valence-electron chi connectivity index (χ0n) is 21.2. The lowest BCUT2D eigenvalue weighted by atomic mass is 10.2. The zero-order valence-corrected chi connectivity index (χ0v) is 22.8. The molecule has 0 spiro atoms. The van der Waals surface area contributed by atoms with Crippen molar-refractivity contribution in [1.29, 1.82) is 0 Å². The Morgan fingerprint density at radius 1 is 0.925 bits per heavy atom. The van der Waals surface area contributed by atoms with Crippen molar-refractivity contribution in [2.24, 2.45) is 0 Å². The number of halogens is 3. The van der Waals surface area contributed by atoms with Gasteiger partial charge < -0.3 is 24.3 Å². The minimum atomic E-state index is -4.46. The van der Waals surface area contributed by atoms with E-state index in [-0.39, 0.29) is 10.8 Å². The third-order valence-corrected chi connectivity index (χ3v) is 6.94. The maximum Gasteiger partial charge on any atom is 0.416 e. The van der Waals surface area contributed by atoms with Crippen molar-refractivity contribution in [2.45, 2.75) is 15.5 Å². The Bertz CT molecular complexity index is 1440. The number of carbonyl (C=O) groups excluding carboxylic acids is 1. The van der Waals surface area contributed by atoms with Crippen LogP contribution in [0.3, 0.4) is 0 Å². The molecule has 0 aliphatic carbocycles. The standard InChI is InChI=1S/C24H23F3N6O5S2/c1-35-7-9-37-18-11-16-17(12-19(18)38-10-8-36-2)28-13-29-20(16)39-23-33-32-22(40-23)31-21(34)30-15-5-3-14(4-6-15)24(25,26)27/h3-6,11-13H,7-10H2,1-2H3,(H2,30,31,32,34). The Morgan fingerprint density at radius 2 is 1.60 bits per heavy atom. The highest BCUT2D eigenvalue weighted by Gasteiger charge is 2.30. The lowest BCUT2D eigenvalue weighted by Crippen LogP contribution is -2.19. The van der Waals surface area contributed by atoms with Crippen molar-refractivity contribution in [2.75, 3.05) is 51.3 Å². The SMILES string of the molecule is COCCOc1cc2ncnc(Sc3nnc(NC(=O)Nc4ccc(C(F)(F)F)cc4)s3)c2cc1OCCOC. The molecule has 4 aromatic rings. The molecule has 40 heavy (non-hydrogen) atoms. The largest absolute Gasteiger partial charge is 0.487 e. The number of hydrogen-bond acceptors (Lipinski definition) is 11. The molecule has 11 nitrogen and oxygen atoms in total. The number of aromatic nitrogens is 4. The van der Waals surface area contributed by atoms with Crippen LogP contribution in [0.2, 0.25) is 0 Å². The molecule has 0 unspecified atom stereocenters. The van der Waals surface area contributed by atoms with E-state index in [1.807, 2.05) is 0 Å². The fourth-order valence-corrected chi connectivity index (χ4v) is 4.94. The number of carbonyl (C=O) groups is 1. The summed E-state index contributed by atoms with van der Waals surface area (Å²) in [5.41, 5.74) is -0.0149. The van der Waals surface area contributed by atoms with Crippen LogP contribution in [0.5, 0.6) is 11.5 Å². The summed E-state index contributed by atoms with van der Waals surface area (Å²) >= 11 is 2.30. The monoisotopic (exact) mass is 596 g/mol. The summed E-state index contributed by atoms with van der Waals surface area (Å²) in [6.45, 7) is 1.41. The summed E-state index contributed by atoms with van der Waals surface area (Å²) in [5, 5.41) is 14.5. The molecule has 16 heteroatoms. The smallest absolute Gasteiger partial charge is 0.416 e. The number of hydrogen-bond donors (Lipinski definition) is 2. The Hall–Kier alpha value is -3.73. The topological polar surface area (TPSA) is 130 Å². The summed E-state index contributed by atoms with van der Waals surface area (Å²) < 4.78 is 60.4. The average Bonchev–Trinajstić information content (AvgIpc) is 3.35. The minimum absolute atomic E-state index is 0.183. The van der Waals surface area contributed by atoms with Crippen LogP contribution in [0.1, 0.15) is 5.56 Å². The Morgan fingerprint density at radius 3 is 2.25 bits per heavy atom. The molecule has 0 aliphatic rings. The predicted octanol–water partition coefficient (Wildman–Crippen LogP) is 5.35. The second-order valence-electron chi connectivity index (χ2n) is 7.81. The number of urea groups is 1. The molecule has 2 aromatic carbocycles. The van der Waals surface area contributed by atoms with E-state index < -0.39 is 17.8 Å². The highest BCUT2D eigenvalue weighted by molar-refractivity contribution is 8.01. The Kier molecular flexibility index (Phi) is 9.92. The first-order valence-electron chi connectivity index (χ1n) is 11.6. The van der Waals surface area contributed by atoms with E-state index in [0.717, 1.165) is 35.6 Å². The number of alkyl halides is 3. The lowest BCUT2D eigenvalue weighted by molar-refractivity contribution is -0.137. The van der Waals surface area contributed by atoms with Gasteiger partial charge in [0.1, 0.15) is 24.6 Å². The molecular formula is C24H23F3N6O5S2. The second-order valence-corrected chi connectivity index (χ2v) is 10.0. The van der Waals surface area contributed by atoms with Crippen molar-refractivity contribution in [3.63, 3.8) is 0 Å². The van der Waals surface area contributed by atoms with Crippen LogP contribution >= 0.6 is 23.1 Å². The minimum Gasteiger partial charge on any atom is -0.487 e. The molecule has 0 fully saturated rings. The van der Waals surface area contributed by atoms with Crippen molar-refractivity contribution in [3.05, 3.63) is 48.3 Å². The summed E-state index contributed by atoms with van der Waals surface area (Å²) in [5.74, 6) is 0.980. The van der Waals surface area contributed by atoms with Gasteiger partial charge in [-0.05, 0) is 42.1 Å². The Balaban J connectivity index is 1.46. The number of nitrogens with one attached hydrogen (secondary N) is 2. The van der Waals surface area contributed by atoms with Crippen molar-refractivity contribution < 1.29 is 36.9 Å². The van der Waals surface area contributed by atoms with Crippen LogP contribution in [-0.4, -0.2) is 66.8 Å². The molecule has 2 heterocycles. The van der Waals surface area contributed by atoms with Crippen molar-refractivity contribution in [1.82, 2.24) is 20.2 Å². The Labute approximate surface area is 234 Å². The first-order valence-corrected chi connectivity index (χ1v) is 13.2. The van der Waals surface area contributed by atoms with Gasteiger partial charge >= 0.3 is 12.2 Å². The fraction of sp³-hybridized carbons (Fsp3) is 0.292. The van der Waals surface area contributed by atoms with E-state index in [0.29, 0.717) is 58.2 Å². The first-order chi connectivity index (χ1) is 19.3. The maximum atomic E-state index is 12.7. The summed E-state index contributed by atoms with van der Waals surface area (Å²) in [6, 6.07) is 6.91. The van der Waals surface area contributed by atoms with Crippen molar-refractivity contribution >= 4 is 50.9 Å². The number of methoxy groups -OCH3 is 2. The van der Waals surface area contributed by atoms with E-state index in [9.17, 15) is 18.0 Å². The van der Waals surface area contributed by atoms with Gasteiger partial charge in [0.2, 0.25) is 5.13 Å². The van der Waals surface area contributed by atoms with E-state index in [1.165, 1.54) is 18.1 Å². The van der Waals surface area contributed by atoms with Crippen LogP contribution in [0.15, 0.2) is 52.1 Å². The average molecular weight is 597 g/mol. The summed E-state index contributed by atoms with van der Waals surface area (Å²) in [4.78, 5) is 21.0. The van der Waals surface area contributed by atoms with Gasteiger partial charge in [0.05, 0.1) is 24.3 Å². The van der Waals surface area contributed by atoms with E-state index in [1.54, 1.807) is 26.4 Å². The highest BCUT2D eigenvalue weighted by Crippen LogP contribution is 2.39.